The molecule has 7 nitrogen and oxygen atoms in total. The van der Waals surface area contributed by atoms with Crippen LogP contribution in [0.15, 0.2) is 58.4 Å². The number of ether oxygens (including phenoxy) is 1. The molecule has 0 unspecified atom stereocenters. The molecule has 0 bridgehead atoms. The van der Waals surface area contributed by atoms with E-state index in [1.165, 1.54) is 28.7 Å². The predicted octanol–water partition coefficient (Wildman–Crippen LogP) is 3.90. The quantitative estimate of drug-likeness (QED) is 0.549. The monoisotopic (exact) mass is 523 g/mol. The van der Waals surface area contributed by atoms with Gasteiger partial charge in [-0.2, -0.15) is 0 Å². The maximum atomic E-state index is 15.1. The molecule has 1 spiro atoms. The highest BCUT2D eigenvalue weighted by molar-refractivity contribution is 7.98. The molecule has 3 aromatic rings. The van der Waals surface area contributed by atoms with E-state index in [1.807, 2.05) is 29.3 Å². The van der Waals surface area contributed by atoms with Crippen LogP contribution in [0, 0.1) is 11.6 Å². The first kappa shape index (κ1) is 22.8. The largest absolute Gasteiger partial charge is 0.502 e. The Morgan fingerprint density at radius 1 is 1.05 bits per heavy atom. The number of fused-ring (bicyclic) bond motifs is 3. The third kappa shape index (κ3) is 3.28. The van der Waals surface area contributed by atoms with Crippen molar-refractivity contribution in [3.8, 4) is 5.75 Å². The molecule has 3 aliphatic heterocycles. The van der Waals surface area contributed by atoms with Gasteiger partial charge in [-0.1, -0.05) is 24.3 Å². The summed E-state index contributed by atoms with van der Waals surface area (Å²) in [6, 6.07) is 10.8. The molecular formula is C27H23F2N3O4S. The van der Waals surface area contributed by atoms with Crippen LogP contribution in [0.2, 0.25) is 0 Å². The third-order valence-electron chi connectivity index (χ3n) is 8.12. The van der Waals surface area contributed by atoms with Crippen LogP contribution in [0.4, 0.5) is 8.78 Å². The van der Waals surface area contributed by atoms with Gasteiger partial charge < -0.3 is 14.7 Å². The normalized spacial score (nSPS) is 26.1. The number of nitrogens with zero attached hydrogens (tertiary/aromatic N) is 3. The molecule has 1 aliphatic carbocycles. The van der Waals surface area contributed by atoms with Gasteiger partial charge in [0, 0.05) is 34.5 Å². The highest BCUT2D eigenvalue weighted by atomic mass is 32.2. The number of amides is 1. The molecule has 0 radical (unpaired) electrons. The van der Waals surface area contributed by atoms with Crippen molar-refractivity contribution in [3.63, 3.8) is 0 Å². The summed E-state index contributed by atoms with van der Waals surface area (Å²) in [5.41, 5.74) is 0.717. The molecule has 1 N–H and O–H groups in total. The Morgan fingerprint density at radius 2 is 1.84 bits per heavy atom. The third-order valence-corrected chi connectivity index (χ3v) is 9.24. The lowest BCUT2D eigenvalue weighted by molar-refractivity contribution is -0.213. The minimum atomic E-state index is -0.915. The molecule has 4 heterocycles. The van der Waals surface area contributed by atoms with Gasteiger partial charge in [-0.3, -0.25) is 19.3 Å². The number of aromatic nitrogens is 1. The molecule has 1 saturated heterocycles. The SMILES string of the molecule is O=C1c2c(O)c(=O)ccn2N([C@@H]2c3ccccc3SCc3c2ccc(F)c3F)CN1C1CC2(CCO2)C1. The van der Waals surface area contributed by atoms with Gasteiger partial charge in [0.05, 0.1) is 18.2 Å². The standard InChI is InChI=1S/C27H23F2N3O4S/c28-19-6-5-16-18(22(19)29)13-37-21-4-2-1-3-17(21)23(16)32-14-30(15-11-27(12-15)8-10-36-27)26(35)24-25(34)20(33)7-9-31(24)32/h1-7,9,15,23,34H,8,10-14H2/t15?,23-,27?/m0/s1. The molecule has 190 valence electrons. The maximum Gasteiger partial charge on any atom is 0.278 e. The number of hydrogen-bond donors (Lipinski definition) is 1. The number of rotatable bonds is 2. The molecular weight excluding hydrogens is 500 g/mol. The van der Waals surface area contributed by atoms with Crippen LogP contribution in [0.5, 0.6) is 5.75 Å². The van der Waals surface area contributed by atoms with E-state index in [4.69, 9.17) is 4.74 Å². The minimum absolute atomic E-state index is 0.126. The van der Waals surface area contributed by atoms with E-state index in [1.54, 1.807) is 11.0 Å². The van der Waals surface area contributed by atoms with Crippen molar-refractivity contribution < 1.29 is 23.4 Å². The van der Waals surface area contributed by atoms with E-state index in [9.17, 15) is 19.1 Å². The molecule has 1 saturated carbocycles. The van der Waals surface area contributed by atoms with Gasteiger partial charge >= 0.3 is 0 Å². The van der Waals surface area contributed by atoms with Crippen molar-refractivity contribution in [2.75, 3.05) is 18.3 Å². The van der Waals surface area contributed by atoms with Gasteiger partial charge in [0.2, 0.25) is 5.43 Å². The summed E-state index contributed by atoms with van der Waals surface area (Å²) in [5, 5.41) is 12.6. The number of pyridine rings is 1. The smallest absolute Gasteiger partial charge is 0.278 e. The van der Waals surface area contributed by atoms with Crippen LogP contribution in [0.3, 0.4) is 0 Å². The summed E-state index contributed by atoms with van der Waals surface area (Å²) in [5.74, 6) is -2.63. The van der Waals surface area contributed by atoms with Crippen molar-refractivity contribution in [2.24, 2.45) is 0 Å². The summed E-state index contributed by atoms with van der Waals surface area (Å²) >= 11 is 1.42. The molecule has 1 atom stereocenters. The number of carbonyl (C=O) groups excluding carboxylic acids is 1. The van der Waals surface area contributed by atoms with E-state index in [0.717, 1.165) is 22.9 Å². The lowest BCUT2D eigenvalue weighted by Gasteiger charge is -2.57. The fourth-order valence-corrected chi connectivity index (χ4v) is 7.18. The Bertz CT molecular complexity index is 1510. The second kappa shape index (κ2) is 8.06. The lowest BCUT2D eigenvalue weighted by Crippen LogP contribution is -2.66. The van der Waals surface area contributed by atoms with Gasteiger partial charge in [0.15, 0.2) is 23.1 Å². The zero-order valence-corrected chi connectivity index (χ0v) is 20.5. The molecule has 10 heteroatoms. The van der Waals surface area contributed by atoms with Crippen LogP contribution < -0.4 is 10.4 Å². The van der Waals surface area contributed by atoms with Crippen LogP contribution in [0.25, 0.3) is 0 Å². The van der Waals surface area contributed by atoms with Gasteiger partial charge in [-0.05, 0) is 42.5 Å². The van der Waals surface area contributed by atoms with Crippen molar-refractivity contribution in [3.05, 3.63) is 92.9 Å². The first-order valence-electron chi connectivity index (χ1n) is 12.2. The van der Waals surface area contributed by atoms with Crippen molar-refractivity contribution in [1.29, 1.82) is 0 Å². The first-order valence-corrected chi connectivity index (χ1v) is 13.2. The fraction of sp³-hybridized carbons (Fsp3) is 0.333. The summed E-state index contributed by atoms with van der Waals surface area (Å²) in [6.45, 7) is 0.845. The first-order chi connectivity index (χ1) is 17.9. The van der Waals surface area contributed by atoms with Gasteiger partial charge in [0.1, 0.15) is 6.67 Å². The summed E-state index contributed by atoms with van der Waals surface area (Å²) in [6.07, 6.45) is 3.77. The van der Waals surface area contributed by atoms with E-state index < -0.39 is 34.8 Å². The topological polar surface area (TPSA) is 75.0 Å². The Kier molecular flexibility index (Phi) is 4.97. The van der Waals surface area contributed by atoms with E-state index >= 15 is 4.39 Å². The van der Waals surface area contributed by atoms with Crippen molar-refractivity contribution >= 4 is 17.7 Å². The highest BCUT2D eigenvalue weighted by Gasteiger charge is 2.54. The Morgan fingerprint density at radius 3 is 2.59 bits per heavy atom. The number of halogens is 2. The predicted molar refractivity (Wildman–Crippen MR) is 132 cm³/mol. The van der Waals surface area contributed by atoms with E-state index in [2.05, 4.69) is 0 Å². The molecule has 7 rings (SSSR count). The number of thioether (sulfide) groups is 1. The van der Waals surface area contributed by atoms with Crippen LogP contribution in [0.1, 0.15) is 52.5 Å². The number of hydrogen-bond acceptors (Lipinski definition) is 6. The second-order valence-corrected chi connectivity index (χ2v) is 11.1. The molecule has 2 aromatic carbocycles. The van der Waals surface area contributed by atoms with Crippen LogP contribution >= 0.6 is 11.8 Å². The van der Waals surface area contributed by atoms with Gasteiger partial charge in [-0.25, -0.2) is 8.78 Å². The summed E-state index contributed by atoms with van der Waals surface area (Å²) in [7, 11) is 0. The second-order valence-electron chi connectivity index (χ2n) is 10.1. The molecule has 1 amide bonds. The van der Waals surface area contributed by atoms with Crippen molar-refractivity contribution in [1.82, 2.24) is 9.58 Å². The van der Waals surface area contributed by atoms with Gasteiger partial charge in [-0.15, -0.1) is 11.8 Å². The van der Waals surface area contributed by atoms with Crippen LogP contribution in [-0.4, -0.2) is 45.5 Å². The van der Waals surface area contributed by atoms with Gasteiger partial charge in [0.25, 0.3) is 5.91 Å². The summed E-state index contributed by atoms with van der Waals surface area (Å²) < 4.78 is 36.7. The zero-order valence-electron chi connectivity index (χ0n) is 19.7. The molecule has 37 heavy (non-hydrogen) atoms. The zero-order chi connectivity index (χ0) is 25.5. The number of benzene rings is 2. The van der Waals surface area contributed by atoms with Crippen LogP contribution in [-0.2, 0) is 10.5 Å². The number of carbonyl (C=O) groups is 1. The fourth-order valence-electron chi connectivity index (χ4n) is 6.06. The lowest BCUT2D eigenvalue weighted by atomic mass is 9.70. The highest BCUT2D eigenvalue weighted by Crippen LogP contribution is 2.49. The number of aromatic hydroxyl groups is 1. The Balaban J connectivity index is 1.42. The van der Waals surface area contributed by atoms with E-state index in [0.29, 0.717) is 25.0 Å². The summed E-state index contributed by atoms with van der Waals surface area (Å²) in [4.78, 5) is 28.6. The Hall–Kier alpha value is -3.37. The molecule has 2 fully saturated rings. The maximum absolute atomic E-state index is 15.1. The van der Waals surface area contributed by atoms with E-state index in [-0.39, 0.29) is 35.3 Å². The molecule has 4 aliphatic rings. The average Bonchev–Trinajstić information content (AvgIpc) is 3.00. The Labute approximate surface area is 215 Å². The minimum Gasteiger partial charge on any atom is -0.502 e. The molecule has 1 aromatic heterocycles. The average molecular weight is 524 g/mol. The van der Waals surface area contributed by atoms with Crippen molar-refractivity contribution in [2.45, 2.75) is 47.6 Å².